The van der Waals surface area contributed by atoms with Gasteiger partial charge in [-0.05, 0) is 81.5 Å². The number of aliphatic imine (C=N–C) groups is 2. The van der Waals surface area contributed by atoms with Gasteiger partial charge in [0.15, 0.2) is 0 Å². The van der Waals surface area contributed by atoms with Crippen LogP contribution in [-0.2, 0) is 6.42 Å². The highest BCUT2D eigenvalue weighted by atomic mass is 19.1. The van der Waals surface area contributed by atoms with Crippen LogP contribution in [0.3, 0.4) is 0 Å². The van der Waals surface area contributed by atoms with Crippen LogP contribution >= 0.6 is 0 Å². The Labute approximate surface area is 220 Å². The molecule has 1 spiro atoms. The SMILES string of the molecule is C=NC=N/C(=C(\C)Nc1ccc(F)cc1-c1ccccc1CC)N1CCC2(CC1)CN(CC(C)(C)O)C2. The summed E-state index contributed by atoms with van der Waals surface area (Å²) in [4.78, 5) is 13.1. The van der Waals surface area contributed by atoms with E-state index >= 15 is 0 Å². The molecule has 4 rings (SSSR count). The fourth-order valence-corrected chi connectivity index (χ4v) is 5.78. The van der Waals surface area contributed by atoms with Gasteiger partial charge < -0.3 is 15.3 Å². The number of β-amino-alcohol motifs (C(OH)–C–C–N with tert-alkyl or cyclic N) is 1. The third-order valence-electron chi connectivity index (χ3n) is 7.44. The Kier molecular flexibility index (Phi) is 8.14. The number of piperidine rings is 1. The number of rotatable bonds is 9. The summed E-state index contributed by atoms with van der Waals surface area (Å²) in [6.07, 6.45) is 4.51. The van der Waals surface area contributed by atoms with Gasteiger partial charge in [-0.3, -0.25) is 9.89 Å². The van der Waals surface area contributed by atoms with Gasteiger partial charge in [0.05, 0.1) is 11.3 Å². The zero-order valence-corrected chi connectivity index (χ0v) is 22.6. The van der Waals surface area contributed by atoms with E-state index in [1.807, 2.05) is 39.0 Å². The monoisotopic (exact) mass is 505 g/mol. The number of hydrogen-bond donors (Lipinski definition) is 2. The summed E-state index contributed by atoms with van der Waals surface area (Å²) in [5.41, 5.74) is 4.42. The highest BCUT2D eigenvalue weighted by Crippen LogP contribution is 2.42. The van der Waals surface area contributed by atoms with Crippen LogP contribution in [0.5, 0.6) is 0 Å². The summed E-state index contributed by atoms with van der Waals surface area (Å²) in [6, 6.07) is 13.0. The smallest absolute Gasteiger partial charge is 0.149 e. The van der Waals surface area contributed by atoms with E-state index in [9.17, 15) is 9.50 Å². The summed E-state index contributed by atoms with van der Waals surface area (Å²) in [5, 5.41) is 13.7. The van der Waals surface area contributed by atoms with Crippen molar-refractivity contribution in [2.24, 2.45) is 15.4 Å². The molecule has 0 radical (unpaired) electrons. The molecule has 0 saturated carbocycles. The zero-order valence-electron chi connectivity index (χ0n) is 22.6. The third kappa shape index (κ3) is 6.46. The van der Waals surface area contributed by atoms with Crippen molar-refractivity contribution in [3.05, 3.63) is 65.4 Å². The molecule has 0 unspecified atom stereocenters. The highest BCUT2D eigenvalue weighted by molar-refractivity contribution is 5.81. The van der Waals surface area contributed by atoms with Gasteiger partial charge in [-0.2, -0.15) is 0 Å². The van der Waals surface area contributed by atoms with Crippen LogP contribution in [0.1, 0.15) is 46.1 Å². The van der Waals surface area contributed by atoms with Crippen LogP contribution in [0.4, 0.5) is 10.1 Å². The van der Waals surface area contributed by atoms with E-state index in [0.29, 0.717) is 12.0 Å². The standard InChI is InChI=1S/C30H40FN5O/c1-6-23-9-7-8-10-25(23)26-17-24(31)11-12-27(26)34-22(2)28(33-21-32-5)36-15-13-30(14-16-36)19-35(20-30)18-29(3,4)37/h7-12,17,21,34,37H,5-6,13-16,18-20H2,1-4H3/b28-22-,33-21?. The van der Waals surface area contributed by atoms with Gasteiger partial charge in [-0.15, -0.1) is 0 Å². The molecule has 198 valence electrons. The molecule has 2 saturated heterocycles. The van der Waals surface area contributed by atoms with Gasteiger partial charge in [0, 0.05) is 44.0 Å². The number of anilines is 1. The molecule has 2 aliphatic heterocycles. The number of nitrogens with one attached hydrogen (secondary N) is 1. The predicted octanol–water partition coefficient (Wildman–Crippen LogP) is 5.55. The van der Waals surface area contributed by atoms with Crippen molar-refractivity contribution in [1.82, 2.24) is 9.80 Å². The normalized spacial score (nSPS) is 18.6. The first-order chi connectivity index (χ1) is 17.6. The Hall–Kier alpha value is -3.03. The first-order valence-electron chi connectivity index (χ1n) is 13.2. The Morgan fingerprint density at radius 1 is 1.16 bits per heavy atom. The molecule has 0 aliphatic carbocycles. The van der Waals surface area contributed by atoms with Crippen LogP contribution in [0.15, 0.2) is 64.0 Å². The molecule has 2 aromatic carbocycles. The second-order valence-corrected chi connectivity index (χ2v) is 11.1. The number of aryl methyl sites for hydroxylation is 1. The number of nitrogens with zero attached hydrogens (tertiary/aromatic N) is 4. The summed E-state index contributed by atoms with van der Waals surface area (Å²) < 4.78 is 14.3. The van der Waals surface area contributed by atoms with E-state index < -0.39 is 5.60 Å². The van der Waals surface area contributed by atoms with E-state index in [-0.39, 0.29) is 5.82 Å². The summed E-state index contributed by atoms with van der Waals surface area (Å²) in [5.74, 6) is 0.566. The summed E-state index contributed by atoms with van der Waals surface area (Å²) in [7, 11) is 0. The van der Waals surface area contributed by atoms with Crippen molar-refractivity contribution in [2.75, 3.05) is 38.0 Å². The van der Waals surface area contributed by atoms with Gasteiger partial charge >= 0.3 is 0 Å². The van der Waals surface area contributed by atoms with Crippen LogP contribution in [0, 0.1) is 11.2 Å². The number of likely N-dealkylation sites (tertiary alicyclic amines) is 2. The van der Waals surface area contributed by atoms with Gasteiger partial charge in [0.25, 0.3) is 0 Å². The quantitative estimate of drug-likeness (QED) is 0.346. The van der Waals surface area contributed by atoms with Crippen LogP contribution in [0.2, 0.25) is 0 Å². The lowest BCUT2D eigenvalue weighted by molar-refractivity contribution is -0.0773. The number of benzene rings is 2. The lowest BCUT2D eigenvalue weighted by Crippen LogP contribution is -2.62. The van der Waals surface area contributed by atoms with E-state index in [0.717, 1.165) is 73.8 Å². The van der Waals surface area contributed by atoms with Gasteiger partial charge in [0.1, 0.15) is 18.0 Å². The second-order valence-electron chi connectivity index (χ2n) is 11.1. The summed E-state index contributed by atoms with van der Waals surface area (Å²) >= 11 is 0. The first kappa shape index (κ1) is 27.0. The maximum atomic E-state index is 14.3. The van der Waals surface area contributed by atoms with Crippen molar-refractivity contribution in [2.45, 2.75) is 52.6 Å². The molecule has 0 aromatic heterocycles. The average Bonchev–Trinajstić information content (AvgIpc) is 2.84. The predicted molar refractivity (Wildman–Crippen MR) is 152 cm³/mol. The van der Waals surface area contributed by atoms with Crippen LogP contribution in [-0.4, -0.2) is 66.3 Å². The van der Waals surface area contributed by atoms with Crippen LogP contribution in [0.25, 0.3) is 11.1 Å². The van der Waals surface area contributed by atoms with E-state index in [1.165, 1.54) is 18.0 Å². The van der Waals surface area contributed by atoms with Gasteiger partial charge in [0.2, 0.25) is 0 Å². The molecular weight excluding hydrogens is 465 g/mol. The molecule has 37 heavy (non-hydrogen) atoms. The maximum absolute atomic E-state index is 14.3. The van der Waals surface area contributed by atoms with Crippen molar-refractivity contribution in [3.8, 4) is 11.1 Å². The number of hydrogen-bond acceptors (Lipinski definition) is 5. The van der Waals surface area contributed by atoms with Crippen LogP contribution < -0.4 is 5.32 Å². The minimum absolute atomic E-state index is 0.261. The number of aliphatic hydroxyl groups is 1. The highest BCUT2D eigenvalue weighted by Gasteiger charge is 2.46. The minimum atomic E-state index is -0.662. The molecule has 2 aliphatic rings. The number of halogens is 1. The summed E-state index contributed by atoms with van der Waals surface area (Å²) in [6.45, 7) is 16.0. The first-order valence-corrected chi connectivity index (χ1v) is 13.2. The molecule has 6 nitrogen and oxygen atoms in total. The van der Waals surface area contributed by atoms with E-state index in [1.54, 1.807) is 12.1 Å². The van der Waals surface area contributed by atoms with E-state index in [2.05, 4.69) is 44.8 Å². The Bertz CT molecular complexity index is 1170. The van der Waals surface area contributed by atoms with Gasteiger partial charge in [-0.1, -0.05) is 31.2 Å². The molecule has 7 heteroatoms. The fraction of sp³-hybridized carbons (Fsp3) is 0.467. The number of allylic oxidation sites excluding steroid dienone is 1. The lowest BCUT2D eigenvalue weighted by atomic mass is 9.71. The van der Waals surface area contributed by atoms with E-state index in [4.69, 9.17) is 0 Å². The Morgan fingerprint density at radius 3 is 2.51 bits per heavy atom. The molecule has 0 atom stereocenters. The average molecular weight is 506 g/mol. The molecule has 0 amide bonds. The molecule has 2 heterocycles. The minimum Gasteiger partial charge on any atom is -0.389 e. The third-order valence-corrected chi connectivity index (χ3v) is 7.44. The molecule has 2 N–H and O–H groups in total. The van der Waals surface area contributed by atoms with Crippen molar-refractivity contribution < 1.29 is 9.50 Å². The van der Waals surface area contributed by atoms with Gasteiger partial charge in [-0.25, -0.2) is 9.38 Å². The molecule has 0 bridgehead atoms. The second kappa shape index (κ2) is 11.2. The molecular formula is C30H40FN5O. The Balaban J connectivity index is 1.54. The lowest BCUT2D eigenvalue weighted by Gasteiger charge is -2.55. The zero-order chi connectivity index (χ0) is 26.6. The van der Waals surface area contributed by atoms with Crippen molar-refractivity contribution >= 4 is 18.7 Å². The maximum Gasteiger partial charge on any atom is 0.149 e. The molecule has 2 fully saturated rings. The van der Waals surface area contributed by atoms with Crippen molar-refractivity contribution in [3.63, 3.8) is 0 Å². The largest absolute Gasteiger partial charge is 0.389 e. The molecule has 2 aromatic rings. The fourth-order valence-electron chi connectivity index (χ4n) is 5.78. The van der Waals surface area contributed by atoms with Crippen molar-refractivity contribution in [1.29, 1.82) is 0 Å². The Morgan fingerprint density at radius 2 is 1.86 bits per heavy atom. The topological polar surface area (TPSA) is 63.5 Å².